The van der Waals surface area contributed by atoms with E-state index in [1.165, 1.54) is 0 Å². The summed E-state index contributed by atoms with van der Waals surface area (Å²) in [6.45, 7) is 0. The number of rotatable bonds is 2. The first-order chi connectivity index (χ1) is 6.38. The Labute approximate surface area is 74.5 Å². The summed E-state index contributed by atoms with van der Waals surface area (Å²) in [6, 6.07) is 0. The molecule has 0 fully saturated rings. The van der Waals surface area contributed by atoms with Gasteiger partial charge in [0.1, 0.15) is 5.69 Å². The first-order valence-corrected chi connectivity index (χ1v) is 3.24. The Morgan fingerprint density at radius 2 is 1.86 bits per heavy atom. The van der Waals surface area contributed by atoms with Crippen LogP contribution < -0.4 is 4.74 Å². The minimum absolute atomic E-state index is 0.597. The maximum atomic E-state index is 11.9. The maximum absolute atomic E-state index is 11.9. The molecule has 0 radical (unpaired) electrons. The zero-order chi connectivity index (χ0) is 10.8. The van der Waals surface area contributed by atoms with E-state index >= 15 is 0 Å². The monoisotopic (exact) mass is 214 g/mol. The van der Waals surface area contributed by atoms with Crippen molar-refractivity contribution in [2.75, 3.05) is 0 Å². The molecule has 3 nitrogen and oxygen atoms in total. The average Bonchev–Trinajstić information content (AvgIpc) is 2.01. The molecule has 8 heteroatoms. The highest BCUT2D eigenvalue weighted by molar-refractivity contribution is 5.09. The molecule has 0 aliphatic carbocycles. The molecule has 1 heterocycles. The fourth-order valence-corrected chi connectivity index (χ4v) is 0.635. The minimum Gasteiger partial charge on any atom is -0.386 e. The number of halogens is 5. The quantitative estimate of drug-likeness (QED) is 0.708. The lowest BCUT2D eigenvalue weighted by Crippen LogP contribution is -2.18. The number of hydrogen-bond acceptors (Lipinski definition) is 3. The lowest BCUT2D eigenvalue weighted by molar-refractivity contribution is -0.276. The van der Waals surface area contributed by atoms with Crippen molar-refractivity contribution in [3.8, 4) is 5.88 Å². The number of alkyl halides is 5. The topological polar surface area (TPSA) is 35.0 Å². The standard InChI is InChI=1S/C6H3F5N2O/c7-5(8)3-1-12-2-4(13-3)14-6(9,10)11/h1-2,5H. The summed E-state index contributed by atoms with van der Waals surface area (Å²) in [5.41, 5.74) is -0.869. The Morgan fingerprint density at radius 1 is 1.21 bits per heavy atom. The molecule has 0 aliphatic rings. The Balaban J connectivity index is 2.84. The van der Waals surface area contributed by atoms with Gasteiger partial charge in [-0.2, -0.15) is 0 Å². The molecule has 0 saturated carbocycles. The minimum atomic E-state index is -4.96. The third-order valence-corrected chi connectivity index (χ3v) is 1.07. The van der Waals surface area contributed by atoms with Crippen molar-refractivity contribution in [1.82, 2.24) is 9.97 Å². The van der Waals surface area contributed by atoms with E-state index in [1.54, 1.807) is 0 Å². The van der Waals surface area contributed by atoms with Crippen LogP contribution in [0.3, 0.4) is 0 Å². The largest absolute Gasteiger partial charge is 0.574 e. The molecule has 1 aromatic rings. The molecule has 0 N–H and O–H groups in total. The Morgan fingerprint density at radius 3 is 2.36 bits per heavy atom. The fraction of sp³-hybridized carbons (Fsp3) is 0.333. The van der Waals surface area contributed by atoms with Gasteiger partial charge in [-0.25, -0.2) is 13.8 Å². The van der Waals surface area contributed by atoms with Gasteiger partial charge in [-0.3, -0.25) is 4.98 Å². The molecule has 0 bridgehead atoms. The number of aromatic nitrogens is 2. The van der Waals surface area contributed by atoms with Gasteiger partial charge in [-0.05, 0) is 0 Å². The second-order valence-corrected chi connectivity index (χ2v) is 2.13. The van der Waals surface area contributed by atoms with Crippen LogP contribution in [0.5, 0.6) is 5.88 Å². The molecule has 0 aliphatic heterocycles. The molecule has 1 aromatic heterocycles. The van der Waals surface area contributed by atoms with Crippen molar-refractivity contribution in [3.05, 3.63) is 18.1 Å². The van der Waals surface area contributed by atoms with Gasteiger partial charge < -0.3 is 4.74 Å². The number of ether oxygens (including phenoxy) is 1. The molecule has 0 atom stereocenters. The molecule has 14 heavy (non-hydrogen) atoms. The van der Waals surface area contributed by atoms with Gasteiger partial charge in [0.05, 0.1) is 12.4 Å². The van der Waals surface area contributed by atoms with Crippen LogP contribution in [0, 0.1) is 0 Å². The van der Waals surface area contributed by atoms with E-state index in [9.17, 15) is 22.0 Å². The van der Waals surface area contributed by atoms with E-state index < -0.39 is 24.4 Å². The second-order valence-electron chi connectivity index (χ2n) is 2.13. The number of hydrogen-bond donors (Lipinski definition) is 0. The zero-order valence-corrected chi connectivity index (χ0v) is 6.42. The lowest BCUT2D eigenvalue weighted by atomic mass is 10.5. The Hall–Kier alpha value is -1.47. The van der Waals surface area contributed by atoms with Gasteiger partial charge >= 0.3 is 6.36 Å². The highest BCUT2D eigenvalue weighted by atomic mass is 19.4. The van der Waals surface area contributed by atoms with E-state index in [4.69, 9.17) is 0 Å². The molecule has 0 saturated heterocycles. The van der Waals surface area contributed by atoms with Crippen molar-refractivity contribution in [3.63, 3.8) is 0 Å². The maximum Gasteiger partial charge on any atom is 0.574 e. The Bertz CT molecular complexity index is 313. The summed E-state index contributed by atoms with van der Waals surface area (Å²) in [6.07, 6.45) is -6.69. The van der Waals surface area contributed by atoms with Gasteiger partial charge in [0, 0.05) is 0 Å². The van der Waals surface area contributed by atoms with Gasteiger partial charge in [0.2, 0.25) is 5.88 Å². The van der Waals surface area contributed by atoms with Crippen LogP contribution >= 0.6 is 0 Å². The van der Waals surface area contributed by atoms with Gasteiger partial charge in [-0.1, -0.05) is 0 Å². The molecule has 0 amide bonds. The van der Waals surface area contributed by atoms with Crippen molar-refractivity contribution in [2.45, 2.75) is 12.8 Å². The molecule has 0 spiro atoms. The second kappa shape index (κ2) is 3.72. The summed E-state index contributed by atoms with van der Waals surface area (Å²) in [7, 11) is 0. The first-order valence-electron chi connectivity index (χ1n) is 3.24. The summed E-state index contributed by atoms with van der Waals surface area (Å²) >= 11 is 0. The van der Waals surface area contributed by atoms with Crippen LogP contribution in [-0.4, -0.2) is 16.3 Å². The molecular weight excluding hydrogens is 211 g/mol. The van der Waals surface area contributed by atoms with E-state index in [-0.39, 0.29) is 0 Å². The van der Waals surface area contributed by atoms with Crippen LogP contribution in [-0.2, 0) is 0 Å². The molecule has 78 valence electrons. The highest BCUT2D eigenvalue weighted by Gasteiger charge is 2.32. The fourth-order valence-electron chi connectivity index (χ4n) is 0.635. The van der Waals surface area contributed by atoms with Crippen molar-refractivity contribution >= 4 is 0 Å². The molecular formula is C6H3F5N2O. The molecule has 0 unspecified atom stereocenters. The van der Waals surface area contributed by atoms with Crippen LogP contribution in [0.15, 0.2) is 12.4 Å². The number of nitrogens with zero attached hydrogens (tertiary/aromatic N) is 2. The van der Waals surface area contributed by atoms with E-state index in [1.807, 2.05) is 0 Å². The van der Waals surface area contributed by atoms with Crippen LogP contribution in [0.4, 0.5) is 22.0 Å². The SMILES string of the molecule is FC(F)c1cncc(OC(F)(F)F)n1. The third kappa shape index (κ3) is 3.11. The molecule has 1 rings (SSSR count). The van der Waals surface area contributed by atoms with Gasteiger partial charge in [0.25, 0.3) is 6.43 Å². The average molecular weight is 214 g/mol. The molecule has 0 aromatic carbocycles. The summed E-state index contributed by atoms with van der Waals surface area (Å²) in [5.74, 6) is -1.00. The first kappa shape index (κ1) is 10.6. The van der Waals surface area contributed by atoms with Crippen molar-refractivity contribution < 1.29 is 26.7 Å². The third-order valence-electron chi connectivity index (χ3n) is 1.07. The lowest BCUT2D eigenvalue weighted by Gasteiger charge is -2.07. The zero-order valence-electron chi connectivity index (χ0n) is 6.42. The van der Waals surface area contributed by atoms with E-state index in [0.29, 0.717) is 12.4 Å². The van der Waals surface area contributed by atoms with E-state index in [0.717, 1.165) is 0 Å². The van der Waals surface area contributed by atoms with Gasteiger partial charge in [0.15, 0.2) is 0 Å². The van der Waals surface area contributed by atoms with Crippen LogP contribution in [0.2, 0.25) is 0 Å². The summed E-state index contributed by atoms with van der Waals surface area (Å²) < 4.78 is 62.0. The predicted molar refractivity (Wildman–Crippen MR) is 33.7 cm³/mol. The van der Waals surface area contributed by atoms with Gasteiger partial charge in [-0.15, -0.1) is 13.2 Å². The summed E-state index contributed by atoms with van der Waals surface area (Å²) in [4.78, 5) is 6.03. The van der Waals surface area contributed by atoms with Crippen molar-refractivity contribution in [1.29, 1.82) is 0 Å². The highest BCUT2D eigenvalue weighted by Crippen LogP contribution is 2.22. The van der Waals surface area contributed by atoms with Crippen LogP contribution in [0.25, 0.3) is 0 Å². The van der Waals surface area contributed by atoms with Crippen molar-refractivity contribution in [2.24, 2.45) is 0 Å². The summed E-state index contributed by atoms with van der Waals surface area (Å²) in [5, 5.41) is 0. The Kier molecular flexibility index (Phi) is 2.82. The smallest absolute Gasteiger partial charge is 0.386 e. The van der Waals surface area contributed by atoms with Crippen LogP contribution in [0.1, 0.15) is 12.1 Å². The normalized spacial score (nSPS) is 11.9. The predicted octanol–water partition coefficient (Wildman–Crippen LogP) is 2.31. The van der Waals surface area contributed by atoms with E-state index in [2.05, 4.69) is 14.7 Å².